The molecule has 1 aliphatic heterocycles. The zero-order valence-corrected chi connectivity index (χ0v) is 8.47. The highest BCUT2D eigenvalue weighted by atomic mass is 79.9. The second-order valence-electron chi connectivity index (χ2n) is 3.18. The maximum atomic E-state index is 5.52. The van der Waals surface area contributed by atoms with Crippen LogP contribution in [0.15, 0.2) is 22.9 Å². The molecule has 0 amide bonds. The molecule has 2 heterocycles. The van der Waals surface area contributed by atoms with E-state index in [1.165, 1.54) is 0 Å². The lowest BCUT2D eigenvalue weighted by atomic mass is 9.90. The molecule has 2 nitrogen and oxygen atoms in total. The van der Waals surface area contributed by atoms with Gasteiger partial charge in [0.1, 0.15) is 0 Å². The van der Waals surface area contributed by atoms with E-state index in [2.05, 4.69) is 27.8 Å². The first-order chi connectivity index (χ1) is 5.72. The van der Waals surface area contributed by atoms with Crippen molar-refractivity contribution >= 4 is 15.9 Å². The molecule has 0 aliphatic carbocycles. The van der Waals surface area contributed by atoms with Crippen LogP contribution in [0.25, 0.3) is 0 Å². The van der Waals surface area contributed by atoms with Gasteiger partial charge in [-0.1, -0.05) is 15.9 Å². The molecule has 1 aromatic rings. The molecule has 0 saturated carbocycles. The van der Waals surface area contributed by atoms with Crippen molar-refractivity contribution in [1.82, 2.24) is 4.98 Å². The molecule has 0 N–H and O–H groups in total. The van der Waals surface area contributed by atoms with E-state index in [-0.39, 0.29) is 5.60 Å². The fraction of sp³-hybridized carbons (Fsp3) is 0.444. The number of ether oxygens (including phenoxy) is 1. The van der Waals surface area contributed by atoms with Crippen molar-refractivity contribution in [3.8, 4) is 0 Å². The van der Waals surface area contributed by atoms with Crippen LogP contribution in [-0.2, 0) is 10.3 Å². The van der Waals surface area contributed by atoms with E-state index in [1.807, 2.05) is 12.3 Å². The number of hydrogen-bond acceptors (Lipinski definition) is 2. The molecule has 1 saturated heterocycles. The zero-order valence-electron chi connectivity index (χ0n) is 6.88. The van der Waals surface area contributed by atoms with Crippen molar-refractivity contribution in [3.63, 3.8) is 0 Å². The van der Waals surface area contributed by atoms with Crippen molar-refractivity contribution in [3.05, 3.63) is 28.5 Å². The summed E-state index contributed by atoms with van der Waals surface area (Å²) in [4.78, 5) is 4.08. The van der Waals surface area contributed by atoms with E-state index >= 15 is 0 Å². The molecule has 0 bridgehead atoms. The molecule has 1 aromatic heterocycles. The van der Waals surface area contributed by atoms with Gasteiger partial charge < -0.3 is 4.74 Å². The summed E-state index contributed by atoms with van der Waals surface area (Å²) >= 11 is 3.49. The van der Waals surface area contributed by atoms with Crippen LogP contribution in [0.4, 0.5) is 0 Å². The van der Waals surface area contributed by atoms with Gasteiger partial charge in [0.2, 0.25) is 0 Å². The molecule has 12 heavy (non-hydrogen) atoms. The highest BCUT2D eigenvalue weighted by Crippen LogP contribution is 2.39. The lowest BCUT2D eigenvalue weighted by Gasteiger charge is -2.39. The summed E-state index contributed by atoms with van der Waals surface area (Å²) in [5.41, 5.74) is 1.05. The summed E-state index contributed by atoms with van der Waals surface area (Å²) in [5, 5.41) is 0. The van der Waals surface area contributed by atoms with Gasteiger partial charge in [-0.15, -0.1) is 0 Å². The minimum absolute atomic E-state index is 0.104. The number of hydrogen-bond donors (Lipinski definition) is 0. The van der Waals surface area contributed by atoms with Crippen LogP contribution in [0.2, 0.25) is 0 Å². The first kappa shape index (κ1) is 8.20. The van der Waals surface area contributed by atoms with Gasteiger partial charge in [0.05, 0.1) is 12.2 Å². The zero-order chi connectivity index (χ0) is 8.60. The van der Waals surface area contributed by atoms with E-state index in [9.17, 15) is 0 Å². The Bertz CT molecular complexity index is 296. The molecule has 0 radical (unpaired) electrons. The van der Waals surface area contributed by atoms with Gasteiger partial charge in [0, 0.05) is 28.9 Å². The lowest BCUT2D eigenvalue weighted by Crippen LogP contribution is -2.38. The Labute approximate surface area is 80.1 Å². The predicted octanol–water partition coefficient (Wildman–Crippen LogP) is 2.48. The van der Waals surface area contributed by atoms with Crippen LogP contribution >= 0.6 is 15.9 Å². The lowest BCUT2D eigenvalue weighted by molar-refractivity contribution is -0.141. The summed E-state index contributed by atoms with van der Waals surface area (Å²) in [5.74, 6) is 0. The average molecular weight is 228 g/mol. The van der Waals surface area contributed by atoms with E-state index in [4.69, 9.17) is 4.74 Å². The average Bonchev–Trinajstić information content (AvgIpc) is 2.01. The molecule has 1 unspecified atom stereocenters. The summed E-state index contributed by atoms with van der Waals surface area (Å²) in [7, 11) is 0. The second-order valence-corrected chi connectivity index (χ2v) is 4.04. The van der Waals surface area contributed by atoms with E-state index in [0.29, 0.717) is 0 Å². The molecule has 1 atom stereocenters. The van der Waals surface area contributed by atoms with Crippen LogP contribution in [0, 0.1) is 0 Å². The summed E-state index contributed by atoms with van der Waals surface area (Å²) in [6, 6.07) is 1.95. The third-order valence-corrected chi connectivity index (χ3v) is 3.03. The predicted molar refractivity (Wildman–Crippen MR) is 49.9 cm³/mol. The Morgan fingerprint density at radius 2 is 2.42 bits per heavy atom. The van der Waals surface area contributed by atoms with E-state index in [0.717, 1.165) is 23.1 Å². The van der Waals surface area contributed by atoms with Gasteiger partial charge in [-0.05, 0) is 13.0 Å². The van der Waals surface area contributed by atoms with Gasteiger partial charge in [0.15, 0.2) is 0 Å². The van der Waals surface area contributed by atoms with Crippen LogP contribution < -0.4 is 0 Å². The maximum Gasteiger partial charge on any atom is 0.0951 e. The molecule has 0 spiro atoms. The summed E-state index contributed by atoms with van der Waals surface area (Å²) < 4.78 is 6.60. The van der Waals surface area contributed by atoms with Crippen LogP contribution in [0.3, 0.4) is 0 Å². The van der Waals surface area contributed by atoms with Crippen molar-refractivity contribution in [1.29, 1.82) is 0 Å². The molecule has 1 fully saturated rings. The van der Waals surface area contributed by atoms with Crippen molar-refractivity contribution in [2.75, 3.05) is 6.61 Å². The Morgan fingerprint density at radius 1 is 1.67 bits per heavy atom. The Balaban J connectivity index is 2.39. The molecule has 3 heteroatoms. The molecule has 1 aliphatic rings. The Hall–Kier alpha value is -0.410. The van der Waals surface area contributed by atoms with Crippen LogP contribution in [0.1, 0.15) is 18.9 Å². The smallest absolute Gasteiger partial charge is 0.0951 e. The summed E-state index contributed by atoms with van der Waals surface area (Å²) in [6.45, 7) is 2.95. The quantitative estimate of drug-likeness (QED) is 0.736. The second kappa shape index (κ2) is 2.82. The number of halogens is 1. The SMILES string of the molecule is CC1(c2cnccc2Br)CCO1. The molecular formula is C9H10BrNO. The van der Waals surface area contributed by atoms with Gasteiger partial charge >= 0.3 is 0 Å². The highest BCUT2D eigenvalue weighted by Gasteiger charge is 2.36. The minimum atomic E-state index is -0.104. The summed E-state index contributed by atoms with van der Waals surface area (Å²) in [6.07, 6.45) is 4.72. The molecule has 0 aromatic carbocycles. The monoisotopic (exact) mass is 227 g/mol. The molecule has 64 valence electrons. The topological polar surface area (TPSA) is 22.1 Å². The van der Waals surface area contributed by atoms with Gasteiger partial charge in [-0.2, -0.15) is 0 Å². The minimum Gasteiger partial charge on any atom is -0.370 e. The third-order valence-electron chi connectivity index (χ3n) is 2.34. The number of rotatable bonds is 1. The van der Waals surface area contributed by atoms with Crippen molar-refractivity contribution in [2.45, 2.75) is 18.9 Å². The maximum absolute atomic E-state index is 5.52. The Morgan fingerprint density at radius 3 is 2.92 bits per heavy atom. The van der Waals surface area contributed by atoms with Crippen molar-refractivity contribution < 1.29 is 4.74 Å². The normalized spacial score (nSPS) is 28.2. The first-order valence-electron chi connectivity index (χ1n) is 3.96. The van der Waals surface area contributed by atoms with E-state index < -0.39 is 0 Å². The van der Waals surface area contributed by atoms with Gasteiger partial charge in [0.25, 0.3) is 0 Å². The largest absolute Gasteiger partial charge is 0.370 e. The van der Waals surface area contributed by atoms with Crippen LogP contribution in [0.5, 0.6) is 0 Å². The molecular weight excluding hydrogens is 218 g/mol. The Kier molecular flexibility index (Phi) is 1.93. The molecule has 2 rings (SSSR count). The number of aromatic nitrogens is 1. The van der Waals surface area contributed by atoms with Gasteiger partial charge in [-0.25, -0.2) is 0 Å². The fourth-order valence-electron chi connectivity index (χ4n) is 1.39. The third kappa shape index (κ3) is 1.17. The number of pyridine rings is 1. The standard InChI is InChI=1S/C9H10BrNO/c1-9(3-5-12-9)7-6-11-4-2-8(7)10/h2,4,6H,3,5H2,1H3. The van der Waals surface area contributed by atoms with Crippen molar-refractivity contribution in [2.24, 2.45) is 0 Å². The van der Waals surface area contributed by atoms with Gasteiger partial charge in [-0.3, -0.25) is 4.98 Å². The van der Waals surface area contributed by atoms with E-state index in [1.54, 1.807) is 6.20 Å². The van der Waals surface area contributed by atoms with Crippen LogP contribution in [-0.4, -0.2) is 11.6 Å². The highest BCUT2D eigenvalue weighted by molar-refractivity contribution is 9.10. The fourth-order valence-corrected chi connectivity index (χ4v) is 2.03. The first-order valence-corrected chi connectivity index (χ1v) is 4.76. The number of nitrogens with zero attached hydrogens (tertiary/aromatic N) is 1.